The van der Waals surface area contributed by atoms with Crippen molar-refractivity contribution in [1.29, 1.82) is 0 Å². The summed E-state index contributed by atoms with van der Waals surface area (Å²) in [6, 6.07) is 1.84. The summed E-state index contributed by atoms with van der Waals surface area (Å²) < 4.78 is 1.76. The van der Waals surface area contributed by atoms with E-state index < -0.39 is 0 Å². The first-order valence-corrected chi connectivity index (χ1v) is 6.23. The van der Waals surface area contributed by atoms with E-state index in [1.165, 1.54) is 0 Å². The minimum atomic E-state index is -0.199. The van der Waals surface area contributed by atoms with Crippen LogP contribution < -0.4 is 5.32 Å². The van der Waals surface area contributed by atoms with Crippen LogP contribution in [0.25, 0.3) is 0 Å². The SMILES string of the molecule is CCN1C[C@H](C(=O)NCCn2cccn2)CC1=O. The molecule has 98 valence electrons. The van der Waals surface area contributed by atoms with E-state index in [0.29, 0.717) is 32.6 Å². The van der Waals surface area contributed by atoms with Crippen LogP contribution in [-0.2, 0) is 16.1 Å². The van der Waals surface area contributed by atoms with Crippen LogP contribution in [0.4, 0.5) is 0 Å². The zero-order valence-corrected chi connectivity index (χ0v) is 10.5. The van der Waals surface area contributed by atoms with Crippen LogP contribution in [0.1, 0.15) is 13.3 Å². The Morgan fingerprint density at radius 3 is 3.06 bits per heavy atom. The third kappa shape index (κ3) is 2.88. The van der Waals surface area contributed by atoms with Crippen LogP contribution >= 0.6 is 0 Å². The van der Waals surface area contributed by atoms with Gasteiger partial charge in [-0.15, -0.1) is 0 Å². The second kappa shape index (κ2) is 5.66. The maximum atomic E-state index is 11.9. The van der Waals surface area contributed by atoms with Crippen LogP contribution in [0.5, 0.6) is 0 Å². The van der Waals surface area contributed by atoms with Gasteiger partial charge in [0.1, 0.15) is 0 Å². The van der Waals surface area contributed by atoms with Gasteiger partial charge in [-0.25, -0.2) is 0 Å². The maximum Gasteiger partial charge on any atom is 0.225 e. The van der Waals surface area contributed by atoms with Crippen molar-refractivity contribution in [2.45, 2.75) is 19.9 Å². The predicted octanol–water partition coefficient (Wildman–Crippen LogP) is -0.132. The predicted molar refractivity (Wildman–Crippen MR) is 65.6 cm³/mol. The van der Waals surface area contributed by atoms with Gasteiger partial charge in [0.05, 0.1) is 12.5 Å². The van der Waals surface area contributed by atoms with Crippen LogP contribution in [0.2, 0.25) is 0 Å². The quantitative estimate of drug-likeness (QED) is 0.791. The molecule has 1 aliphatic heterocycles. The molecule has 1 N–H and O–H groups in total. The molecule has 2 amide bonds. The second-order valence-electron chi connectivity index (χ2n) is 4.39. The summed E-state index contributed by atoms with van der Waals surface area (Å²) in [7, 11) is 0. The number of hydrogen-bond acceptors (Lipinski definition) is 3. The normalized spacial score (nSPS) is 19.3. The van der Waals surface area contributed by atoms with Crippen molar-refractivity contribution in [3.63, 3.8) is 0 Å². The third-order valence-electron chi connectivity index (χ3n) is 3.17. The molecule has 18 heavy (non-hydrogen) atoms. The molecule has 2 rings (SSSR count). The van der Waals surface area contributed by atoms with Gasteiger partial charge in [-0.2, -0.15) is 5.10 Å². The number of aromatic nitrogens is 2. The van der Waals surface area contributed by atoms with Gasteiger partial charge in [0.2, 0.25) is 11.8 Å². The number of nitrogens with one attached hydrogen (secondary N) is 1. The molecule has 1 fully saturated rings. The molecule has 1 atom stereocenters. The maximum absolute atomic E-state index is 11.9. The van der Waals surface area contributed by atoms with Crippen molar-refractivity contribution in [3.05, 3.63) is 18.5 Å². The summed E-state index contributed by atoms with van der Waals surface area (Å²) in [6.07, 6.45) is 3.89. The summed E-state index contributed by atoms with van der Waals surface area (Å²) in [5.74, 6) is -0.161. The molecule has 0 radical (unpaired) electrons. The molecule has 0 spiro atoms. The van der Waals surface area contributed by atoms with Gasteiger partial charge in [0.15, 0.2) is 0 Å². The zero-order chi connectivity index (χ0) is 13.0. The van der Waals surface area contributed by atoms with Crippen LogP contribution in [-0.4, -0.2) is 46.1 Å². The Bertz CT molecular complexity index is 416. The van der Waals surface area contributed by atoms with Crippen molar-refractivity contribution < 1.29 is 9.59 Å². The Kier molecular flexibility index (Phi) is 3.96. The fraction of sp³-hybridized carbons (Fsp3) is 0.583. The molecule has 6 nitrogen and oxygen atoms in total. The minimum Gasteiger partial charge on any atom is -0.354 e. The molecule has 0 bridgehead atoms. The van der Waals surface area contributed by atoms with Crippen molar-refractivity contribution in [3.8, 4) is 0 Å². The molecule has 6 heteroatoms. The van der Waals surface area contributed by atoms with Crippen molar-refractivity contribution in [1.82, 2.24) is 20.0 Å². The molecule has 1 saturated heterocycles. The number of likely N-dealkylation sites (tertiary alicyclic amines) is 1. The van der Waals surface area contributed by atoms with E-state index in [1.807, 2.05) is 19.2 Å². The lowest BCUT2D eigenvalue weighted by atomic mass is 10.1. The minimum absolute atomic E-state index is 0.0357. The highest BCUT2D eigenvalue weighted by molar-refractivity contribution is 5.89. The number of hydrogen-bond donors (Lipinski definition) is 1. The Morgan fingerprint density at radius 1 is 1.61 bits per heavy atom. The largest absolute Gasteiger partial charge is 0.354 e. The van der Waals surface area contributed by atoms with Gasteiger partial charge < -0.3 is 10.2 Å². The highest BCUT2D eigenvalue weighted by atomic mass is 16.2. The van der Waals surface area contributed by atoms with E-state index in [2.05, 4.69) is 10.4 Å². The molecule has 0 aromatic carbocycles. The van der Waals surface area contributed by atoms with E-state index in [4.69, 9.17) is 0 Å². The van der Waals surface area contributed by atoms with E-state index in [9.17, 15) is 9.59 Å². The summed E-state index contributed by atoms with van der Waals surface area (Å²) in [5, 5.41) is 6.90. The number of nitrogens with zero attached hydrogens (tertiary/aromatic N) is 3. The molecular weight excluding hydrogens is 232 g/mol. The summed E-state index contributed by atoms with van der Waals surface area (Å²) in [4.78, 5) is 25.1. The Labute approximate surface area is 106 Å². The molecule has 1 aromatic heterocycles. The van der Waals surface area contributed by atoms with E-state index in [1.54, 1.807) is 15.8 Å². The van der Waals surface area contributed by atoms with Gasteiger partial charge in [-0.05, 0) is 13.0 Å². The average molecular weight is 250 g/mol. The lowest BCUT2D eigenvalue weighted by Gasteiger charge is -2.13. The summed E-state index contributed by atoms with van der Waals surface area (Å²) >= 11 is 0. The van der Waals surface area contributed by atoms with Gasteiger partial charge in [0, 0.05) is 38.4 Å². The fourth-order valence-corrected chi connectivity index (χ4v) is 2.12. The third-order valence-corrected chi connectivity index (χ3v) is 3.17. The van der Waals surface area contributed by atoms with Crippen LogP contribution in [0, 0.1) is 5.92 Å². The average Bonchev–Trinajstić information content (AvgIpc) is 2.98. The monoisotopic (exact) mass is 250 g/mol. The second-order valence-corrected chi connectivity index (χ2v) is 4.39. The van der Waals surface area contributed by atoms with Crippen LogP contribution in [0.15, 0.2) is 18.5 Å². The van der Waals surface area contributed by atoms with Crippen LogP contribution in [0.3, 0.4) is 0 Å². The lowest BCUT2D eigenvalue weighted by Crippen LogP contribution is -2.34. The molecule has 0 saturated carbocycles. The van der Waals surface area contributed by atoms with E-state index >= 15 is 0 Å². The first-order chi connectivity index (χ1) is 8.70. The number of carbonyl (C=O) groups excluding carboxylic acids is 2. The Hall–Kier alpha value is -1.85. The van der Waals surface area contributed by atoms with Crippen molar-refractivity contribution >= 4 is 11.8 Å². The molecule has 0 aliphatic carbocycles. The van der Waals surface area contributed by atoms with Gasteiger partial charge in [-0.1, -0.05) is 0 Å². The molecule has 1 aromatic rings. The van der Waals surface area contributed by atoms with Crippen molar-refractivity contribution in [2.75, 3.05) is 19.6 Å². The Balaban J connectivity index is 1.74. The molecule has 1 aliphatic rings. The topological polar surface area (TPSA) is 67.2 Å². The van der Waals surface area contributed by atoms with E-state index in [0.717, 1.165) is 0 Å². The smallest absolute Gasteiger partial charge is 0.225 e. The fourth-order valence-electron chi connectivity index (χ4n) is 2.12. The summed E-state index contributed by atoms with van der Waals surface area (Å²) in [5.41, 5.74) is 0. The van der Waals surface area contributed by atoms with Gasteiger partial charge in [-0.3, -0.25) is 14.3 Å². The molecule has 0 unspecified atom stereocenters. The standard InChI is InChI=1S/C12H18N4O2/c1-2-15-9-10(8-11(15)17)12(18)13-5-7-16-6-3-4-14-16/h3-4,6,10H,2,5,7-9H2,1H3,(H,13,18)/t10-/m1/s1. The first-order valence-electron chi connectivity index (χ1n) is 6.23. The lowest BCUT2D eigenvalue weighted by molar-refractivity contribution is -0.128. The number of rotatable bonds is 5. The number of amides is 2. The number of carbonyl (C=O) groups is 2. The van der Waals surface area contributed by atoms with E-state index in [-0.39, 0.29) is 17.7 Å². The highest BCUT2D eigenvalue weighted by Gasteiger charge is 2.32. The highest BCUT2D eigenvalue weighted by Crippen LogP contribution is 2.17. The zero-order valence-electron chi connectivity index (χ0n) is 10.5. The molecular formula is C12H18N4O2. The molecule has 2 heterocycles. The summed E-state index contributed by atoms with van der Waals surface area (Å²) in [6.45, 7) is 4.34. The Morgan fingerprint density at radius 2 is 2.44 bits per heavy atom. The first kappa shape index (κ1) is 12.6. The van der Waals surface area contributed by atoms with Gasteiger partial charge >= 0.3 is 0 Å². The van der Waals surface area contributed by atoms with Crippen molar-refractivity contribution in [2.24, 2.45) is 5.92 Å². The van der Waals surface area contributed by atoms with Gasteiger partial charge in [0.25, 0.3) is 0 Å².